The standard InChI is InChI=1S/C15H18ClNO2S/c1-10(13-7-12(16)3-4-15(13)19-2)17-8-14(18)11-5-6-20-9-11/h3-7,9-10,14,17-18H,8H2,1-2H3. The maximum Gasteiger partial charge on any atom is 0.123 e. The van der Waals surface area contributed by atoms with E-state index in [1.807, 2.05) is 35.9 Å². The van der Waals surface area contributed by atoms with Crippen LogP contribution >= 0.6 is 22.9 Å². The molecule has 0 aliphatic heterocycles. The van der Waals surface area contributed by atoms with E-state index in [0.717, 1.165) is 16.9 Å². The SMILES string of the molecule is COc1ccc(Cl)cc1C(C)NCC(O)c1ccsc1. The molecule has 0 bridgehead atoms. The third kappa shape index (κ3) is 3.73. The summed E-state index contributed by atoms with van der Waals surface area (Å²) in [5, 5.41) is 18.0. The third-order valence-electron chi connectivity index (χ3n) is 3.20. The minimum atomic E-state index is -0.506. The van der Waals surface area contributed by atoms with Crippen molar-refractivity contribution in [1.29, 1.82) is 0 Å². The van der Waals surface area contributed by atoms with E-state index in [9.17, 15) is 5.11 Å². The van der Waals surface area contributed by atoms with Crippen LogP contribution in [-0.2, 0) is 0 Å². The lowest BCUT2D eigenvalue weighted by atomic mass is 10.1. The Kier molecular flexibility index (Phi) is 5.43. The van der Waals surface area contributed by atoms with Crippen molar-refractivity contribution in [2.45, 2.75) is 19.1 Å². The van der Waals surface area contributed by atoms with Gasteiger partial charge in [-0.05, 0) is 47.5 Å². The van der Waals surface area contributed by atoms with Gasteiger partial charge in [-0.2, -0.15) is 11.3 Å². The van der Waals surface area contributed by atoms with Gasteiger partial charge >= 0.3 is 0 Å². The van der Waals surface area contributed by atoms with Crippen LogP contribution in [0.1, 0.15) is 30.2 Å². The highest BCUT2D eigenvalue weighted by atomic mass is 35.5. The van der Waals surface area contributed by atoms with Gasteiger partial charge in [-0.15, -0.1) is 0 Å². The van der Waals surface area contributed by atoms with Crippen LogP contribution in [0.5, 0.6) is 5.75 Å². The highest BCUT2D eigenvalue weighted by Crippen LogP contribution is 2.28. The van der Waals surface area contributed by atoms with Crippen molar-refractivity contribution in [1.82, 2.24) is 5.32 Å². The molecule has 1 aromatic carbocycles. The number of rotatable bonds is 6. The first kappa shape index (κ1) is 15.3. The van der Waals surface area contributed by atoms with Gasteiger partial charge < -0.3 is 15.2 Å². The van der Waals surface area contributed by atoms with Gasteiger partial charge in [-0.25, -0.2) is 0 Å². The lowest BCUT2D eigenvalue weighted by Gasteiger charge is -2.19. The molecule has 0 amide bonds. The van der Waals surface area contributed by atoms with Crippen molar-refractivity contribution < 1.29 is 9.84 Å². The molecule has 3 nitrogen and oxygen atoms in total. The van der Waals surface area contributed by atoms with Crippen molar-refractivity contribution in [2.75, 3.05) is 13.7 Å². The van der Waals surface area contributed by atoms with Gasteiger partial charge in [0.15, 0.2) is 0 Å². The summed E-state index contributed by atoms with van der Waals surface area (Å²) in [5.74, 6) is 0.791. The van der Waals surface area contributed by atoms with E-state index in [1.54, 1.807) is 24.5 Å². The van der Waals surface area contributed by atoms with Crippen LogP contribution in [0.4, 0.5) is 0 Å². The first-order chi connectivity index (χ1) is 9.61. The van der Waals surface area contributed by atoms with Crippen LogP contribution < -0.4 is 10.1 Å². The molecule has 0 aliphatic rings. The van der Waals surface area contributed by atoms with Gasteiger partial charge in [0.25, 0.3) is 0 Å². The fraction of sp³-hybridized carbons (Fsp3) is 0.333. The normalized spacial score (nSPS) is 14.0. The van der Waals surface area contributed by atoms with Gasteiger partial charge in [0.05, 0.1) is 13.2 Å². The fourth-order valence-corrected chi connectivity index (χ4v) is 2.91. The molecule has 5 heteroatoms. The molecule has 2 aromatic rings. The molecule has 2 unspecified atom stereocenters. The molecule has 0 fully saturated rings. The van der Waals surface area contributed by atoms with E-state index in [2.05, 4.69) is 5.32 Å². The number of benzene rings is 1. The number of halogens is 1. The molecular formula is C15H18ClNO2S. The van der Waals surface area contributed by atoms with Crippen molar-refractivity contribution in [3.05, 3.63) is 51.2 Å². The van der Waals surface area contributed by atoms with Crippen LogP contribution in [0.25, 0.3) is 0 Å². The topological polar surface area (TPSA) is 41.5 Å². The minimum absolute atomic E-state index is 0.0388. The second-order valence-corrected chi connectivity index (χ2v) is 5.81. The Balaban J connectivity index is 2.01. The Hall–Kier alpha value is -1.07. The van der Waals surface area contributed by atoms with E-state index < -0.39 is 6.10 Å². The molecule has 0 spiro atoms. The van der Waals surface area contributed by atoms with Gasteiger partial charge in [0, 0.05) is 23.2 Å². The van der Waals surface area contributed by atoms with Crippen LogP contribution in [-0.4, -0.2) is 18.8 Å². The number of thiophene rings is 1. The molecule has 0 aliphatic carbocycles. The highest BCUT2D eigenvalue weighted by molar-refractivity contribution is 7.07. The number of methoxy groups -OCH3 is 1. The first-order valence-electron chi connectivity index (χ1n) is 6.38. The number of aliphatic hydroxyl groups is 1. The summed E-state index contributed by atoms with van der Waals surface area (Å²) in [7, 11) is 1.64. The second kappa shape index (κ2) is 7.09. The Bertz CT molecular complexity index is 545. The predicted octanol–water partition coefficient (Wildman–Crippen LogP) is 3.79. The second-order valence-electron chi connectivity index (χ2n) is 4.59. The lowest BCUT2D eigenvalue weighted by Crippen LogP contribution is -2.24. The van der Waals surface area contributed by atoms with Crippen LogP contribution in [0.3, 0.4) is 0 Å². The summed E-state index contributed by atoms with van der Waals surface area (Å²) in [4.78, 5) is 0. The third-order valence-corrected chi connectivity index (χ3v) is 4.14. The molecule has 108 valence electrons. The van der Waals surface area contributed by atoms with Crippen LogP contribution in [0.2, 0.25) is 5.02 Å². The van der Waals surface area contributed by atoms with E-state index in [0.29, 0.717) is 11.6 Å². The van der Waals surface area contributed by atoms with Gasteiger partial charge in [0.1, 0.15) is 5.75 Å². The van der Waals surface area contributed by atoms with Crippen LogP contribution in [0.15, 0.2) is 35.0 Å². The van der Waals surface area contributed by atoms with E-state index in [1.165, 1.54) is 0 Å². The molecule has 1 aromatic heterocycles. The lowest BCUT2D eigenvalue weighted by molar-refractivity contribution is 0.171. The molecular weight excluding hydrogens is 294 g/mol. The molecule has 2 rings (SSSR count). The summed E-state index contributed by atoms with van der Waals surface area (Å²) >= 11 is 7.61. The van der Waals surface area contributed by atoms with Gasteiger partial charge in [-0.1, -0.05) is 11.6 Å². The Labute approximate surface area is 128 Å². The van der Waals surface area contributed by atoms with Crippen molar-refractivity contribution in [2.24, 2.45) is 0 Å². The van der Waals surface area contributed by atoms with Gasteiger partial charge in [-0.3, -0.25) is 0 Å². The largest absolute Gasteiger partial charge is 0.496 e. The summed E-state index contributed by atoms with van der Waals surface area (Å²) in [6, 6.07) is 7.51. The van der Waals surface area contributed by atoms with E-state index in [4.69, 9.17) is 16.3 Å². The average molecular weight is 312 g/mol. The number of hydrogen-bond donors (Lipinski definition) is 2. The average Bonchev–Trinajstić information content (AvgIpc) is 2.98. The van der Waals surface area contributed by atoms with Crippen molar-refractivity contribution in [3.8, 4) is 5.75 Å². The van der Waals surface area contributed by atoms with Crippen molar-refractivity contribution >= 4 is 22.9 Å². The molecule has 0 saturated heterocycles. The summed E-state index contributed by atoms with van der Waals surface area (Å²) < 4.78 is 5.34. The molecule has 0 radical (unpaired) electrons. The van der Waals surface area contributed by atoms with E-state index in [-0.39, 0.29) is 6.04 Å². The number of nitrogens with one attached hydrogen (secondary N) is 1. The molecule has 1 heterocycles. The number of ether oxygens (including phenoxy) is 1. The predicted molar refractivity (Wildman–Crippen MR) is 83.7 cm³/mol. The maximum atomic E-state index is 10.1. The minimum Gasteiger partial charge on any atom is -0.496 e. The summed E-state index contributed by atoms with van der Waals surface area (Å²) in [6.45, 7) is 2.50. The molecule has 2 N–H and O–H groups in total. The monoisotopic (exact) mass is 311 g/mol. The van der Waals surface area contributed by atoms with Crippen molar-refractivity contribution in [3.63, 3.8) is 0 Å². The maximum absolute atomic E-state index is 10.1. The van der Waals surface area contributed by atoms with Gasteiger partial charge in [0.2, 0.25) is 0 Å². The summed E-state index contributed by atoms with van der Waals surface area (Å²) in [5.41, 5.74) is 1.92. The summed E-state index contributed by atoms with van der Waals surface area (Å²) in [6.07, 6.45) is -0.506. The smallest absolute Gasteiger partial charge is 0.123 e. The molecule has 0 saturated carbocycles. The van der Waals surface area contributed by atoms with Crippen LogP contribution in [0, 0.1) is 0 Å². The Morgan fingerprint density at radius 2 is 2.20 bits per heavy atom. The number of aliphatic hydroxyl groups excluding tert-OH is 1. The zero-order valence-corrected chi connectivity index (χ0v) is 13.0. The zero-order chi connectivity index (χ0) is 14.5. The number of hydrogen-bond acceptors (Lipinski definition) is 4. The quantitative estimate of drug-likeness (QED) is 0.852. The zero-order valence-electron chi connectivity index (χ0n) is 11.5. The first-order valence-corrected chi connectivity index (χ1v) is 7.71. The highest BCUT2D eigenvalue weighted by Gasteiger charge is 2.14. The molecule has 20 heavy (non-hydrogen) atoms. The van der Waals surface area contributed by atoms with E-state index >= 15 is 0 Å². The fourth-order valence-electron chi connectivity index (χ4n) is 2.02. The Morgan fingerprint density at radius 1 is 1.40 bits per heavy atom. The Morgan fingerprint density at radius 3 is 2.85 bits per heavy atom. The molecule has 2 atom stereocenters.